The second kappa shape index (κ2) is 8.89. The largest absolute Gasteiger partial charge is 0.353 e. The molecule has 118 valence electrons. The van der Waals surface area contributed by atoms with Gasteiger partial charge in [-0.25, -0.2) is 0 Å². The summed E-state index contributed by atoms with van der Waals surface area (Å²) in [6.07, 6.45) is 11.6. The van der Waals surface area contributed by atoms with Crippen LogP contribution in [-0.2, 0) is 4.79 Å². The molecule has 0 saturated heterocycles. The first-order valence-electron chi connectivity index (χ1n) is 8.25. The van der Waals surface area contributed by atoms with Crippen LogP contribution < -0.4 is 11.1 Å². The lowest BCUT2D eigenvalue weighted by molar-refractivity contribution is -0.123. The number of hydrogen-bond donors (Lipinski definition) is 2. The first-order valence-corrected chi connectivity index (χ1v) is 8.25. The summed E-state index contributed by atoms with van der Waals surface area (Å²) >= 11 is 0. The maximum absolute atomic E-state index is 12.2. The standard InChI is InChI=1S/C16H30N2O.ClH/c1-2-12-7-4-6-10-15(12)18-16(19)11-13-8-3-5-9-14(13)17;/h12-15H,2-11,17H2,1H3,(H,18,19);1H. The van der Waals surface area contributed by atoms with Crippen molar-refractivity contribution in [3.05, 3.63) is 0 Å². The monoisotopic (exact) mass is 302 g/mol. The molecule has 20 heavy (non-hydrogen) atoms. The van der Waals surface area contributed by atoms with Crippen molar-refractivity contribution in [1.82, 2.24) is 5.32 Å². The van der Waals surface area contributed by atoms with E-state index in [1.165, 1.54) is 44.9 Å². The van der Waals surface area contributed by atoms with Crippen molar-refractivity contribution in [2.75, 3.05) is 0 Å². The zero-order valence-corrected chi connectivity index (χ0v) is 13.6. The molecule has 3 N–H and O–H groups in total. The number of nitrogens with one attached hydrogen (secondary N) is 1. The Hall–Kier alpha value is -0.280. The summed E-state index contributed by atoms with van der Waals surface area (Å²) < 4.78 is 0. The predicted octanol–water partition coefficient (Wildman–Crippen LogP) is 3.40. The summed E-state index contributed by atoms with van der Waals surface area (Å²) in [4.78, 5) is 12.2. The molecule has 2 fully saturated rings. The zero-order chi connectivity index (χ0) is 13.7. The van der Waals surface area contributed by atoms with Crippen LogP contribution in [0.1, 0.15) is 71.1 Å². The maximum atomic E-state index is 12.2. The van der Waals surface area contributed by atoms with E-state index in [2.05, 4.69) is 12.2 Å². The van der Waals surface area contributed by atoms with Crippen LogP contribution in [0.15, 0.2) is 0 Å². The number of carbonyl (C=O) groups is 1. The lowest BCUT2D eigenvalue weighted by Crippen LogP contribution is -2.44. The number of carbonyl (C=O) groups excluding carboxylic acids is 1. The summed E-state index contributed by atoms with van der Waals surface area (Å²) in [5.74, 6) is 1.35. The fourth-order valence-electron chi connectivity index (χ4n) is 3.88. The molecule has 4 unspecified atom stereocenters. The van der Waals surface area contributed by atoms with Gasteiger partial charge >= 0.3 is 0 Å². The Morgan fingerprint density at radius 1 is 1.05 bits per heavy atom. The van der Waals surface area contributed by atoms with E-state index in [4.69, 9.17) is 5.73 Å². The molecule has 0 bridgehead atoms. The van der Waals surface area contributed by atoms with E-state index in [1.54, 1.807) is 0 Å². The van der Waals surface area contributed by atoms with Crippen molar-refractivity contribution >= 4 is 18.3 Å². The Morgan fingerprint density at radius 3 is 2.30 bits per heavy atom. The third-order valence-corrected chi connectivity index (χ3v) is 5.20. The number of amides is 1. The molecule has 4 heteroatoms. The molecule has 2 aliphatic carbocycles. The lowest BCUT2D eigenvalue weighted by Gasteiger charge is -2.33. The van der Waals surface area contributed by atoms with Gasteiger partial charge in [0.1, 0.15) is 0 Å². The van der Waals surface area contributed by atoms with Gasteiger partial charge in [-0.15, -0.1) is 12.4 Å². The van der Waals surface area contributed by atoms with Gasteiger partial charge in [0.2, 0.25) is 5.91 Å². The quantitative estimate of drug-likeness (QED) is 0.836. The average Bonchev–Trinajstić information content (AvgIpc) is 2.42. The van der Waals surface area contributed by atoms with Crippen LogP contribution in [0.3, 0.4) is 0 Å². The highest BCUT2D eigenvalue weighted by Gasteiger charge is 2.28. The summed E-state index contributed by atoms with van der Waals surface area (Å²) in [5, 5.41) is 3.29. The van der Waals surface area contributed by atoms with Gasteiger partial charge in [0.15, 0.2) is 0 Å². The third-order valence-electron chi connectivity index (χ3n) is 5.20. The number of hydrogen-bond acceptors (Lipinski definition) is 2. The van der Waals surface area contributed by atoms with Gasteiger partial charge in [-0.05, 0) is 37.5 Å². The maximum Gasteiger partial charge on any atom is 0.220 e. The van der Waals surface area contributed by atoms with Gasteiger partial charge < -0.3 is 11.1 Å². The zero-order valence-electron chi connectivity index (χ0n) is 12.8. The van der Waals surface area contributed by atoms with Gasteiger partial charge in [-0.1, -0.05) is 39.0 Å². The topological polar surface area (TPSA) is 55.1 Å². The van der Waals surface area contributed by atoms with E-state index >= 15 is 0 Å². The van der Waals surface area contributed by atoms with E-state index < -0.39 is 0 Å². The molecular weight excluding hydrogens is 272 g/mol. The van der Waals surface area contributed by atoms with Crippen molar-refractivity contribution in [3.8, 4) is 0 Å². The first-order chi connectivity index (χ1) is 9.20. The Labute approximate surface area is 129 Å². The van der Waals surface area contributed by atoms with Gasteiger partial charge in [0.05, 0.1) is 0 Å². The van der Waals surface area contributed by atoms with Crippen molar-refractivity contribution in [2.24, 2.45) is 17.6 Å². The minimum Gasteiger partial charge on any atom is -0.353 e. The lowest BCUT2D eigenvalue weighted by atomic mass is 9.81. The van der Waals surface area contributed by atoms with Crippen LogP contribution in [0, 0.1) is 11.8 Å². The molecule has 2 saturated carbocycles. The molecule has 3 nitrogen and oxygen atoms in total. The van der Waals surface area contributed by atoms with Gasteiger partial charge in [0.25, 0.3) is 0 Å². The van der Waals surface area contributed by atoms with Crippen molar-refractivity contribution in [3.63, 3.8) is 0 Å². The molecule has 0 aromatic carbocycles. The van der Waals surface area contributed by atoms with E-state index in [0.29, 0.717) is 24.3 Å². The van der Waals surface area contributed by atoms with Crippen LogP contribution in [0.4, 0.5) is 0 Å². The van der Waals surface area contributed by atoms with Crippen LogP contribution in [0.25, 0.3) is 0 Å². The average molecular weight is 303 g/mol. The Balaban J connectivity index is 0.00000200. The van der Waals surface area contributed by atoms with E-state index in [1.807, 2.05) is 0 Å². The van der Waals surface area contributed by atoms with Gasteiger partial charge in [-0.3, -0.25) is 4.79 Å². The highest BCUT2D eigenvalue weighted by atomic mass is 35.5. The number of rotatable bonds is 4. The molecule has 1 amide bonds. The highest BCUT2D eigenvalue weighted by molar-refractivity contribution is 5.85. The van der Waals surface area contributed by atoms with Crippen LogP contribution in [0.5, 0.6) is 0 Å². The van der Waals surface area contributed by atoms with Crippen LogP contribution in [0.2, 0.25) is 0 Å². The normalized spacial score (nSPS) is 34.1. The molecule has 0 spiro atoms. The van der Waals surface area contributed by atoms with Gasteiger partial charge in [0, 0.05) is 18.5 Å². The number of halogens is 1. The molecule has 0 heterocycles. The van der Waals surface area contributed by atoms with E-state index in [9.17, 15) is 4.79 Å². The Kier molecular flexibility index (Phi) is 7.90. The molecule has 0 aromatic heterocycles. The van der Waals surface area contributed by atoms with Crippen LogP contribution >= 0.6 is 12.4 Å². The third kappa shape index (κ3) is 4.92. The highest BCUT2D eigenvalue weighted by Crippen LogP contribution is 2.28. The molecule has 4 atom stereocenters. The molecule has 2 rings (SSSR count). The second-order valence-electron chi connectivity index (χ2n) is 6.54. The minimum atomic E-state index is 0. The smallest absolute Gasteiger partial charge is 0.220 e. The second-order valence-corrected chi connectivity index (χ2v) is 6.54. The predicted molar refractivity (Wildman–Crippen MR) is 86.0 cm³/mol. The first kappa shape index (κ1) is 17.8. The molecule has 0 aliphatic heterocycles. The SMILES string of the molecule is CCC1CCCCC1NC(=O)CC1CCCCC1N.Cl. The van der Waals surface area contributed by atoms with Crippen molar-refractivity contribution in [1.29, 1.82) is 0 Å². The molecule has 0 radical (unpaired) electrons. The summed E-state index contributed by atoms with van der Waals surface area (Å²) in [5.41, 5.74) is 6.13. The molecule has 2 aliphatic rings. The fraction of sp³-hybridized carbons (Fsp3) is 0.938. The molecular formula is C16H31ClN2O. The minimum absolute atomic E-state index is 0. The Morgan fingerprint density at radius 2 is 1.65 bits per heavy atom. The Bertz CT molecular complexity index is 298. The molecule has 0 aromatic rings. The fourth-order valence-corrected chi connectivity index (χ4v) is 3.88. The summed E-state index contributed by atoms with van der Waals surface area (Å²) in [7, 11) is 0. The van der Waals surface area contributed by atoms with Crippen molar-refractivity contribution < 1.29 is 4.79 Å². The van der Waals surface area contributed by atoms with Crippen molar-refractivity contribution in [2.45, 2.75) is 83.2 Å². The van der Waals surface area contributed by atoms with E-state index in [0.717, 1.165) is 12.8 Å². The summed E-state index contributed by atoms with van der Waals surface area (Å²) in [6.45, 7) is 2.24. The van der Waals surface area contributed by atoms with Crippen LogP contribution in [-0.4, -0.2) is 18.0 Å². The van der Waals surface area contributed by atoms with E-state index in [-0.39, 0.29) is 24.4 Å². The van der Waals surface area contributed by atoms with Gasteiger partial charge in [-0.2, -0.15) is 0 Å². The number of nitrogens with two attached hydrogens (primary N) is 1. The summed E-state index contributed by atoms with van der Waals surface area (Å²) in [6, 6.07) is 0.666.